The van der Waals surface area contributed by atoms with Crippen LogP contribution in [0.5, 0.6) is 0 Å². The van der Waals surface area contributed by atoms with Crippen molar-refractivity contribution in [3.8, 4) is 0 Å². The monoisotopic (exact) mass is 466 g/mol. The van der Waals surface area contributed by atoms with E-state index < -0.39 is 31.1 Å². The molecule has 0 saturated heterocycles. The molecule has 0 heterocycles. The number of methoxy groups -OCH3 is 1. The van der Waals surface area contributed by atoms with E-state index in [1.807, 2.05) is 13.8 Å². The van der Waals surface area contributed by atoms with Gasteiger partial charge in [-0.15, -0.1) is 0 Å². The van der Waals surface area contributed by atoms with E-state index in [-0.39, 0.29) is 41.0 Å². The lowest BCUT2D eigenvalue weighted by atomic mass is 10.0. The van der Waals surface area contributed by atoms with Crippen molar-refractivity contribution >= 4 is 48.3 Å². The minimum Gasteiger partial charge on any atom is -0.480 e. The Kier molecular flexibility index (Phi) is 13.3. The highest BCUT2D eigenvalue weighted by Gasteiger charge is 2.33. The van der Waals surface area contributed by atoms with Gasteiger partial charge in [0, 0.05) is 12.1 Å². The molecule has 0 spiro atoms. The van der Waals surface area contributed by atoms with E-state index in [0.29, 0.717) is 0 Å². The van der Waals surface area contributed by atoms with E-state index >= 15 is 0 Å². The van der Waals surface area contributed by atoms with Crippen molar-refractivity contribution < 1.29 is 39.3 Å². The molecule has 0 aliphatic rings. The van der Waals surface area contributed by atoms with Crippen LogP contribution in [0.2, 0.25) is 10.0 Å². The predicted octanol–water partition coefficient (Wildman–Crippen LogP) is 0.951. The summed E-state index contributed by atoms with van der Waals surface area (Å²) in [7, 11) is -0.735. The largest absolute Gasteiger partial charge is 0.631 e. The number of amides is 2. The summed E-state index contributed by atoms with van der Waals surface area (Å²) in [5.74, 6) is -2.57. The number of rotatable bonds is 8. The van der Waals surface area contributed by atoms with Crippen molar-refractivity contribution in [2.45, 2.75) is 32.7 Å². The molecule has 0 aromatic heterocycles. The Balaban J connectivity index is 0.00000192. The Bertz CT molecular complexity index is 718. The molecular formula is C17H25BCl2N2O8. The number of carboxylic acids is 1. The molecule has 13 heteroatoms. The molecule has 10 nitrogen and oxygen atoms in total. The van der Waals surface area contributed by atoms with E-state index in [0.717, 1.165) is 5.01 Å². The van der Waals surface area contributed by atoms with Crippen molar-refractivity contribution in [2.24, 2.45) is 5.92 Å². The number of carbonyl (C=O) groups is 3. The maximum atomic E-state index is 12.9. The van der Waals surface area contributed by atoms with Gasteiger partial charge in [-0.05, 0) is 30.5 Å². The highest BCUT2D eigenvalue weighted by molar-refractivity contribution is 6.35. The molecule has 0 saturated carbocycles. The van der Waals surface area contributed by atoms with Crippen LogP contribution in [0.1, 0.15) is 37.0 Å². The molecule has 0 radical (unpaired) electrons. The number of halogens is 2. The number of hydrogen-bond acceptors (Lipinski definition) is 7. The zero-order valence-electron chi connectivity index (χ0n) is 16.7. The molecule has 5 N–H and O–H groups in total. The molecular weight excluding hydrogens is 442 g/mol. The Hall–Kier alpha value is -1.89. The Labute approximate surface area is 184 Å². The summed E-state index contributed by atoms with van der Waals surface area (Å²) in [6.07, 6.45) is 0.112. The second kappa shape index (κ2) is 14.2. The smallest absolute Gasteiger partial charge is 0.480 e. The third-order valence-corrected chi connectivity index (χ3v) is 4.01. The maximum Gasteiger partial charge on any atom is 0.631 e. The summed E-state index contributed by atoms with van der Waals surface area (Å²) in [5, 5.41) is 32.2. The second-order valence-corrected chi connectivity index (χ2v) is 7.25. The maximum absolute atomic E-state index is 12.9. The number of carboxylic acid groups (broad SMARTS) is 1. The van der Waals surface area contributed by atoms with Gasteiger partial charge in [0.15, 0.2) is 6.04 Å². The third kappa shape index (κ3) is 10.8. The van der Waals surface area contributed by atoms with Gasteiger partial charge in [0.2, 0.25) is 5.91 Å². The van der Waals surface area contributed by atoms with Crippen molar-refractivity contribution in [1.82, 2.24) is 10.4 Å². The van der Waals surface area contributed by atoms with Crippen molar-refractivity contribution in [3.63, 3.8) is 0 Å². The number of ether oxygens (including phenoxy) is 1. The molecule has 1 rings (SSSR count). The molecule has 0 bridgehead atoms. The quantitative estimate of drug-likeness (QED) is 0.280. The summed E-state index contributed by atoms with van der Waals surface area (Å²) >= 11 is 12.0. The van der Waals surface area contributed by atoms with Crippen LogP contribution in [0.3, 0.4) is 0 Å². The van der Waals surface area contributed by atoms with Gasteiger partial charge in [-0.3, -0.25) is 15.0 Å². The van der Waals surface area contributed by atoms with Crippen LogP contribution in [-0.2, 0) is 14.3 Å². The Morgan fingerprint density at radius 3 is 2.23 bits per heavy atom. The average molecular weight is 467 g/mol. The summed E-state index contributed by atoms with van der Waals surface area (Å²) in [5.41, 5.74) is 2.37. The summed E-state index contributed by atoms with van der Waals surface area (Å²) in [4.78, 5) is 36.7. The normalized spacial score (nSPS) is 11.2. The minimum atomic E-state index is -2.17. The van der Waals surface area contributed by atoms with Crippen LogP contribution < -0.4 is 5.43 Å². The first-order valence-corrected chi connectivity index (χ1v) is 9.50. The van der Waals surface area contributed by atoms with Gasteiger partial charge in [-0.1, -0.05) is 37.0 Å². The van der Waals surface area contributed by atoms with E-state index in [1.165, 1.54) is 25.3 Å². The molecule has 1 atom stereocenters. The molecule has 0 unspecified atom stereocenters. The van der Waals surface area contributed by atoms with Crippen LogP contribution >= 0.6 is 23.2 Å². The molecule has 0 fully saturated rings. The average Bonchev–Trinajstić information content (AvgIpc) is 2.63. The first-order valence-electron chi connectivity index (χ1n) is 8.74. The van der Waals surface area contributed by atoms with Gasteiger partial charge in [-0.25, -0.2) is 9.80 Å². The van der Waals surface area contributed by atoms with Gasteiger partial charge in [0.25, 0.3) is 5.91 Å². The van der Waals surface area contributed by atoms with Gasteiger partial charge in [0.1, 0.15) is 0 Å². The summed E-state index contributed by atoms with van der Waals surface area (Å²) < 4.78 is 4.83. The first-order chi connectivity index (χ1) is 13.9. The lowest BCUT2D eigenvalue weighted by Crippen LogP contribution is -2.55. The van der Waals surface area contributed by atoms with Crippen LogP contribution in [-0.4, -0.2) is 70.1 Å². The number of carbonyl (C=O) groups excluding carboxylic acids is 2. The van der Waals surface area contributed by atoms with Gasteiger partial charge in [-0.2, -0.15) is 0 Å². The van der Waals surface area contributed by atoms with Crippen molar-refractivity contribution in [1.29, 1.82) is 0 Å². The molecule has 2 amide bonds. The summed E-state index contributed by atoms with van der Waals surface area (Å²) in [6.45, 7) is 3.77. The van der Waals surface area contributed by atoms with Crippen molar-refractivity contribution in [3.05, 3.63) is 33.8 Å². The van der Waals surface area contributed by atoms with Crippen LogP contribution in [0.25, 0.3) is 0 Å². The number of benzene rings is 1. The molecule has 168 valence electrons. The molecule has 1 aromatic carbocycles. The van der Waals surface area contributed by atoms with E-state index in [2.05, 4.69) is 5.43 Å². The van der Waals surface area contributed by atoms with Crippen LogP contribution in [0.4, 0.5) is 0 Å². The second-order valence-electron chi connectivity index (χ2n) is 6.41. The van der Waals surface area contributed by atoms with Crippen molar-refractivity contribution in [2.75, 3.05) is 13.7 Å². The lowest BCUT2D eigenvalue weighted by molar-refractivity contribution is -0.145. The number of hydrazine groups is 1. The van der Waals surface area contributed by atoms with E-state index in [4.69, 9.17) is 43.0 Å². The van der Waals surface area contributed by atoms with Gasteiger partial charge < -0.3 is 24.9 Å². The third-order valence-electron chi connectivity index (χ3n) is 3.45. The molecule has 1 aromatic rings. The lowest BCUT2D eigenvalue weighted by Gasteiger charge is -2.30. The fourth-order valence-corrected chi connectivity index (χ4v) is 2.58. The van der Waals surface area contributed by atoms with Gasteiger partial charge in [0.05, 0.1) is 23.6 Å². The van der Waals surface area contributed by atoms with E-state index in [1.54, 1.807) is 0 Å². The minimum absolute atomic E-state index is 0.00112. The number of nitrogens with one attached hydrogen (secondary N) is 1. The Morgan fingerprint density at radius 1 is 1.20 bits per heavy atom. The van der Waals surface area contributed by atoms with Crippen LogP contribution in [0.15, 0.2) is 18.2 Å². The topological polar surface area (TPSA) is 157 Å². The van der Waals surface area contributed by atoms with Gasteiger partial charge >= 0.3 is 13.3 Å². The standard InChI is InChI=1S/C17H22Cl2N2O5.BH3O3/c1-10(2)8-14(17(24)25)21(20-15(22)6-7-26-3)16(23)12-9-11(18)4-5-13(12)19;2-1(3)4/h4-5,9-10,14H,6-8H2,1-3H3,(H,20,22)(H,24,25);2-4H/t14-;/m0./s1. The number of nitrogens with zero attached hydrogens (tertiary/aromatic N) is 1. The van der Waals surface area contributed by atoms with E-state index in [9.17, 15) is 19.5 Å². The molecule has 30 heavy (non-hydrogen) atoms. The highest BCUT2D eigenvalue weighted by atomic mass is 35.5. The fraction of sp³-hybridized carbons (Fsp3) is 0.471. The Morgan fingerprint density at radius 2 is 1.77 bits per heavy atom. The first kappa shape index (κ1) is 28.1. The summed E-state index contributed by atoms with van der Waals surface area (Å²) in [6, 6.07) is 3.00. The molecule has 0 aliphatic carbocycles. The zero-order valence-corrected chi connectivity index (χ0v) is 18.2. The molecule has 0 aliphatic heterocycles. The fourth-order valence-electron chi connectivity index (χ4n) is 2.21. The number of hydrogen-bond donors (Lipinski definition) is 5. The number of aliphatic carboxylic acids is 1. The predicted molar refractivity (Wildman–Crippen MR) is 111 cm³/mol. The highest BCUT2D eigenvalue weighted by Crippen LogP contribution is 2.23. The van der Waals surface area contributed by atoms with Crippen LogP contribution in [0, 0.1) is 5.92 Å². The zero-order chi connectivity index (χ0) is 23.4. The SMILES string of the molecule is COCCC(=O)NN(C(=O)c1cc(Cl)ccc1Cl)[C@@H](CC(C)C)C(=O)O.OB(O)O.